The molecule has 0 saturated carbocycles. The first-order valence-corrected chi connectivity index (χ1v) is 6.99. The third-order valence-corrected chi connectivity index (χ3v) is 3.71. The largest absolute Gasteiger partial charge is 0.352 e. The van der Waals surface area contributed by atoms with Gasteiger partial charge < -0.3 is 15.2 Å². The summed E-state index contributed by atoms with van der Waals surface area (Å²) in [6.45, 7) is 4.46. The summed E-state index contributed by atoms with van der Waals surface area (Å²) in [5.74, 6) is 0.869. The van der Waals surface area contributed by atoms with Gasteiger partial charge >= 0.3 is 0 Å². The first-order valence-electron chi connectivity index (χ1n) is 6.99. The third kappa shape index (κ3) is 3.26. The molecule has 0 saturated heterocycles. The second kappa shape index (κ2) is 6.06. The van der Waals surface area contributed by atoms with E-state index in [1.165, 1.54) is 0 Å². The molecular weight excluding hydrogens is 236 g/mol. The lowest BCUT2D eigenvalue weighted by Crippen LogP contribution is -2.41. The van der Waals surface area contributed by atoms with E-state index in [-0.39, 0.29) is 0 Å². The molecule has 0 radical (unpaired) electrons. The lowest BCUT2D eigenvalue weighted by atomic mass is 10.0. The van der Waals surface area contributed by atoms with E-state index in [2.05, 4.69) is 54.2 Å². The van der Waals surface area contributed by atoms with E-state index in [0.29, 0.717) is 12.1 Å². The van der Waals surface area contributed by atoms with Gasteiger partial charge in [-0.3, -0.25) is 0 Å². The number of imidazole rings is 1. The summed E-state index contributed by atoms with van der Waals surface area (Å²) in [5.41, 5.74) is 2.09. The summed E-state index contributed by atoms with van der Waals surface area (Å²) in [4.78, 5) is 10.2. The SMILES string of the molecule is CCC[C@@H](Nc1nc2ccccc2[nH]1)C(C)N(C)C. The summed E-state index contributed by atoms with van der Waals surface area (Å²) in [6.07, 6.45) is 2.30. The maximum absolute atomic E-state index is 4.59. The standard InChI is InChI=1S/C15H24N4/c1-5-8-12(11(2)19(3)4)16-15-17-13-9-6-7-10-14(13)18-15/h6-7,9-12H,5,8H2,1-4H3,(H2,16,17,18)/t11?,12-/m1/s1. The van der Waals surface area contributed by atoms with Crippen LogP contribution in [0.2, 0.25) is 0 Å². The van der Waals surface area contributed by atoms with Crippen molar-refractivity contribution in [3.63, 3.8) is 0 Å². The molecule has 4 nitrogen and oxygen atoms in total. The molecule has 0 aliphatic rings. The Morgan fingerprint density at radius 1 is 1.32 bits per heavy atom. The number of aromatic nitrogens is 2. The average Bonchev–Trinajstić information content (AvgIpc) is 2.79. The molecule has 4 heteroatoms. The number of likely N-dealkylation sites (N-methyl/N-ethyl adjacent to an activating group) is 1. The number of hydrogen-bond acceptors (Lipinski definition) is 3. The molecule has 1 aromatic carbocycles. The maximum Gasteiger partial charge on any atom is 0.201 e. The van der Waals surface area contributed by atoms with Gasteiger partial charge in [0.15, 0.2) is 0 Å². The third-order valence-electron chi connectivity index (χ3n) is 3.71. The van der Waals surface area contributed by atoms with Gasteiger partial charge in [-0.05, 0) is 39.6 Å². The van der Waals surface area contributed by atoms with Crippen LogP contribution in [0.4, 0.5) is 5.95 Å². The van der Waals surface area contributed by atoms with Gasteiger partial charge in [0.05, 0.1) is 11.0 Å². The van der Waals surface area contributed by atoms with Gasteiger partial charge in [-0.25, -0.2) is 4.98 Å². The lowest BCUT2D eigenvalue weighted by Gasteiger charge is -2.29. The summed E-state index contributed by atoms with van der Waals surface area (Å²) in [7, 11) is 4.24. The number of para-hydroxylation sites is 2. The molecule has 2 rings (SSSR count). The van der Waals surface area contributed by atoms with Crippen molar-refractivity contribution in [2.75, 3.05) is 19.4 Å². The summed E-state index contributed by atoms with van der Waals surface area (Å²) >= 11 is 0. The van der Waals surface area contributed by atoms with Gasteiger partial charge in [-0.15, -0.1) is 0 Å². The van der Waals surface area contributed by atoms with E-state index in [1.54, 1.807) is 0 Å². The maximum atomic E-state index is 4.59. The first kappa shape index (κ1) is 13.9. The Bertz CT molecular complexity index is 485. The minimum absolute atomic E-state index is 0.403. The Morgan fingerprint density at radius 3 is 2.68 bits per heavy atom. The number of nitrogens with one attached hydrogen (secondary N) is 2. The predicted molar refractivity (Wildman–Crippen MR) is 81.6 cm³/mol. The second-order valence-electron chi connectivity index (χ2n) is 5.35. The van der Waals surface area contributed by atoms with Crippen LogP contribution in [-0.2, 0) is 0 Å². The number of benzene rings is 1. The van der Waals surface area contributed by atoms with E-state index >= 15 is 0 Å². The van der Waals surface area contributed by atoms with Crippen LogP contribution in [-0.4, -0.2) is 41.0 Å². The number of fused-ring (bicyclic) bond motifs is 1. The molecule has 2 N–H and O–H groups in total. The van der Waals surface area contributed by atoms with E-state index in [1.807, 2.05) is 18.2 Å². The molecule has 0 fully saturated rings. The molecule has 19 heavy (non-hydrogen) atoms. The highest BCUT2D eigenvalue weighted by Crippen LogP contribution is 2.17. The molecule has 2 atom stereocenters. The normalized spacial score (nSPS) is 14.8. The number of anilines is 1. The van der Waals surface area contributed by atoms with Crippen molar-refractivity contribution < 1.29 is 0 Å². The highest BCUT2D eigenvalue weighted by molar-refractivity contribution is 5.77. The molecule has 104 valence electrons. The molecule has 1 aromatic heterocycles. The molecule has 0 spiro atoms. The number of rotatable bonds is 6. The summed E-state index contributed by atoms with van der Waals surface area (Å²) < 4.78 is 0. The fraction of sp³-hybridized carbons (Fsp3) is 0.533. The minimum atomic E-state index is 0.403. The van der Waals surface area contributed by atoms with Crippen molar-refractivity contribution >= 4 is 17.0 Å². The van der Waals surface area contributed by atoms with E-state index < -0.39 is 0 Å². The van der Waals surface area contributed by atoms with Crippen molar-refractivity contribution in [3.8, 4) is 0 Å². The average molecular weight is 260 g/mol. The number of nitrogens with zero attached hydrogens (tertiary/aromatic N) is 2. The van der Waals surface area contributed by atoms with Crippen molar-refractivity contribution in [2.45, 2.75) is 38.8 Å². The highest BCUT2D eigenvalue weighted by atomic mass is 15.2. The molecule has 2 aromatic rings. The Hall–Kier alpha value is -1.55. The summed E-state index contributed by atoms with van der Waals surface area (Å²) in [6, 6.07) is 8.99. The molecule has 1 heterocycles. The van der Waals surface area contributed by atoms with Gasteiger partial charge in [0.1, 0.15) is 0 Å². The van der Waals surface area contributed by atoms with E-state index in [4.69, 9.17) is 0 Å². The first-order chi connectivity index (χ1) is 9.11. The van der Waals surface area contributed by atoms with Crippen LogP contribution >= 0.6 is 0 Å². The monoisotopic (exact) mass is 260 g/mol. The zero-order chi connectivity index (χ0) is 13.8. The zero-order valence-electron chi connectivity index (χ0n) is 12.3. The Morgan fingerprint density at radius 2 is 2.05 bits per heavy atom. The molecule has 1 unspecified atom stereocenters. The van der Waals surface area contributed by atoms with Crippen LogP contribution in [0.3, 0.4) is 0 Å². The molecule has 0 aliphatic carbocycles. The van der Waals surface area contributed by atoms with Gasteiger partial charge in [0.2, 0.25) is 5.95 Å². The van der Waals surface area contributed by atoms with Crippen molar-refractivity contribution in [1.29, 1.82) is 0 Å². The van der Waals surface area contributed by atoms with Crippen LogP contribution in [0.25, 0.3) is 11.0 Å². The lowest BCUT2D eigenvalue weighted by molar-refractivity contribution is 0.274. The highest BCUT2D eigenvalue weighted by Gasteiger charge is 2.19. The van der Waals surface area contributed by atoms with E-state index in [9.17, 15) is 0 Å². The zero-order valence-corrected chi connectivity index (χ0v) is 12.3. The molecule has 0 bridgehead atoms. The Labute approximate surface area is 115 Å². The van der Waals surface area contributed by atoms with Crippen LogP contribution in [0.5, 0.6) is 0 Å². The van der Waals surface area contributed by atoms with Crippen LogP contribution in [0, 0.1) is 0 Å². The van der Waals surface area contributed by atoms with Crippen LogP contribution < -0.4 is 5.32 Å². The van der Waals surface area contributed by atoms with Crippen LogP contribution in [0.15, 0.2) is 24.3 Å². The number of hydrogen-bond donors (Lipinski definition) is 2. The smallest absolute Gasteiger partial charge is 0.201 e. The molecular formula is C15H24N4. The quantitative estimate of drug-likeness (QED) is 0.839. The van der Waals surface area contributed by atoms with Gasteiger partial charge in [-0.1, -0.05) is 25.5 Å². The van der Waals surface area contributed by atoms with Crippen molar-refractivity contribution in [2.24, 2.45) is 0 Å². The van der Waals surface area contributed by atoms with E-state index in [0.717, 1.165) is 29.8 Å². The minimum Gasteiger partial charge on any atom is -0.352 e. The Kier molecular flexibility index (Phi) is 4.43. The van der Waals surface area contributed by atoms with Crippen molar-refractivity contribution in [3.05, 3.63) is 24.3 Å². The van der Waals surface area contributed by atoms with Crippen LogP contribution in [0.1, 0.15) is 26.7 Å². The van der Waals surface area contributed by atoms with Crippen molar-refractivity contribution in [1.82, 2.24) is 14.9 Å². The second-order valence-corrected chi connectivity index (χ2v) is 5.35. The predicted octanol–water partition coefficient (Wildman–Crippen LogP) is 3.09. The molecule has 0 amide bonds. The van der Waals surface area contributed by atoms with Gasteiger partial charge in [0, 0.05) is 12.1 Å². The fourth-order valence-electron chi connectivity index (χ4n) is 2.30. The Balaban J connectivity index is 2.16. The summed E-state index contributed by atoms with van der Waals surface area (Å²) in [5, 5.41) is 3.54. The molecule has 0 aliphatic heterocycles. The van der Waals surface area contributed by atoms with Gasteiger partial charge in [0.25, 0.3) is 0 Å². The van der Waals surface area contributed by atoms with Gasteiger partial charge in [-0.2, -0.15) is 0 Å². The number of aromatic amines is 1. The fourth-order valence-corrected chi connectivity index (χ4v) is 2.30. The number of H-pyrrole nitrogens is 1. The topological polar surface area (TPSA) is 44.0 Å².